The molecule has 1 aliphatic rings. The van der Waals surface area contributed by atoms with Crippen molar-refractivity contribution in [3.63, 3.8) is 0 Å². The Balaban J connectivity index is 2.64. The molecule has 0 aromatic rings. The number of aliphatic carboxylic acids is 1. The largest absolute Gasteiger partial charge is 0.481 e. The topological polar surface area (TPSA) is 104 Å². The zero-order valence-electron chi connectivity index (χ0n) is 10.5. The molecule has 0 aromatic carbocycles. The van der Waals surface area contributed by atoms with Crippen LogP contribution >= 0.6 is 0 Å². The van der Waals surface area contributed by atoms with Crippen molar-refractivity contribution in [2.24, 2.45) is 5.73 Å². The Morgan fingerprint density at radius 2 is 1.89 bits per heavy atom. The Bertz CT molecular complexity index is 290. The van der Waals surface area contributed by atoms with Crippen molar-refractivity contribution in [2.45, 2.75) is 50.6 Å². The highest BCUT2D eigenvalue weighted by molar-refractivity contribution is 5.86. The van der Waals surface area contributed by atoms with Gasteiger partial charge in [0.2, 0.25) is 5.91 Å². The molecule has 18 heavy (non-hydrogen) atoms. The molecule has 4 N–H and O–H groups in total. The number of aliphatic hydroxyl groups excluding tert-OH is 1. The Morgan fingerprint density at radius 1 is 1.28 bits per heavy atom. The fourth-order valence-electron chi connectivity index (χ4n) is 2.46. The summed E-state index contributed by atoms with van der Waals surface area (Å²) in [7, 11) is 0. The first kappa shape index (κ1) is 14.9. The van der Waals surface area contributed by atoms with E-state index in [1.807, 2.05) is 0 Å². The summed E-state index contributed by atoms with van der Waals surface area (Å²) in [5.41, 5.74) is 5.60. The highest BCUT2D eigenvalue weighted by Crippen LogP contribution is 2.23. The standard InChI is InChI=1S/C12H22N2O4/c13-10(8-11(16)17)12(18)14(6-7-15)9-4-2-1-3-5-9/h9-10,15H,1-8,13H2,(H,16,17). The van der Waals surface area contributed by atoms with E-state index < -0.39 is 12.0 Å². The number of nitrogens with two attached hydrogens (primary N) is 1. The van der Waals surface area contributed by atoms with Gasteiger partial charge in [-0.3, -0.25) is 9.59 Å². The third-order valence-corrected chi connectivity index (χ3v) is 3.35. The molecule has 0 aromatic heterocycles. The van der Waals surface area contributed by atoms with Gasteiger partial charge in [0.25, 0.3) is 0 Å². The number of carboxylic acids is 1. The predicted molar refractivity (Wildman–Crippen MR) is 65.9 cm³/mol. The van der Waals surface area contributed by atoms with Gasteiger partial charge in [0, 0.05) is 12.6 Å². The van der Waals surface area contributed by atoms with Gasteiger partial charge < -0.3 is 20.8 Å². The molecule has 1 unspecified atom stereocenters. The molecule has 104 valence electrons. The Kier molecular flexibility index (Phi) is 6.07. The van der Waals surface area contributed by atoms with Gasteiger partial charge in [-0.2, -0.15) is 0 Å². The monoisotopic (exact) mass is 258 g/mol. The van der Waals surface area contributed by atoms with Gasteiger partial charge in [-0.15, -0.1) is 0 Å². The Labute approximate surface area is 107 Å². The molecule has 0 heterocycles. The summed E-state index contributed by atoms with van der Waals surface area (Å²) in [6, 6.07) is -0.922. The van der Waals surface area contributed by atoms with Crippen molar-refractivity contribution >= 4 is 11.9 Å². The summed E-state index contributed by atoms with van der Waals surface area (Å²) in [6.07, 6.45) is 4.74. The van der Waals surface area contributed by atoms with Gasteiger partial charge in [-0.1, -0.05) is 19.3 Å². The number of hydrogen-bond donors (Lipinski definition) is 3. The number of carboxylic acid groups (broad SMARTS) is 1. The number of hydrogen-bond acceptors (Lipinski definition) is 4. The van der Waals surface area contributed by atoms with Crippen molar-refractivity contribution < 1.29 is 19.8 Å². The Morgan fingerprint density at radius 3 is 2.39 bits per heavy atom. The lowest BCUT2D eigenvalue weighted by Gasteiger charge is -2.35. The van der Waals surface area contributed by atoms with Crippen LogP contribution in [0.2, 0.25) is 0 Å². The lowest BCUT2D eigenvalue weighted by atomic mass is 9.93. The first-order valence-corrected chi connectivity index (χ1v) is 6.45. The van der Waals surface area contributed by atoms with Crippen LogP contribution in [0.15, 0.2) is 0 Å². The van der Waals surface area contributed by atoms with Crippen LogP contribution in [0.5, 0.6) is 0 Å². The van der Waals surface area contributed by atoms with Gasteiger partial charge in [-0.25, -0.2) is 0 Å². The van der Waals surface area contributed by atoms with Crippen molar-refractivity contribution in [1.82, 2.24) is 4.90 Å². The molecule has 0 radical (unpaired) electrons. The van der Waals surface area contributed by atoms with Gasteiger partial charge in [-0.05, 0) is 12.8 Å². The zero-order chi connectivity index (χ0) is 13.5. The quantitative estimate of drug-likeness (QED) is 0.619. The van der Waals surface area contributed by atoms with Crippen LogP contribution in [0.1, 0.15) is 38.5 Å². The van der Waals surface area contributed by atoms with Crippen LogP contribution in [0.4, 0.5) is 0 Å². The predicted octanol–water partition coefficient (Wildman–Crippen LogP) is -0.0580. The number of aliphatic hydroxyl groups is 1. The second-order valence-electron chi connectivity index (χ2n) is 4.75. The zero-order valence-corrected chi connectivity index (χ0v) is 10.5. The molecule has 1 atom stereocenters. The van der Waals surface area contributed by atoms with Crippen LogP contribution in [0.25, 0.3) is 0 Å². The molecule has 0 bridgehead atoms. The Hall–Kier alpha value is -1.14. The molecule has 1 fully saturated rings. The molecule has 1 aliphatic carbocycles. The van der Waals surface area contributed by atoms with Crippen LogP contribution in [-0.4, -0.2) is 52.2 Å². The van der Waals surface area contributed by atoms with Crippen LogP contribution in [-0.2, 0) is 9.59 Å². The molecular formula is C12H22N2O4. The second-order valence-corrected chi connectivity index (χ2v) is 4.75. The summed E-state index contributed by atoms with van der Waals surface area (Å²) in [5, 5.41) is 17.7. The van der Waals surface area contributed by atoms with Gasteiger partial charge in [0.15, 0.2) is 0 Å². The molecule has 0 saturated heterocycles. The highest BCUT2D eigenvalue weighted by atomic mass is 16.4. The minimum Gasteiger partial charge on any atom is -0.481 e. The van der Waals surface area contributed by atoms with Crippen molar-refractivity contribution in [2.75, 3.05) is 13.2 Å². The van der Waals surface area contributed by atoms with Crippen molar-refractivity contribution in [1.29, 1.82) is 0 Å². The molecule has 1 amide bonds. The minimum absolute atomic E-state index is 0.0956. The molecule has 6 nitrogen and oxygen atoms in total. The maximum Gasteiger partial charge on any atom is 0.305 e. The summed E-state index contributed by atoms with van der Waals surface area (Å²) in [4.78, 5) is 24.2. The number of carbonyl (C=O) groups is 2. The maximum atomic E-state index is 12.1. The number of nitrogens with zero attached hydrogens (tertiary/aromatic N) is 1. The van der Waals surface area contributed by atoms with E-state index in [0.717, 1.165) is 25.7 Å². The van der Waals surface area contributed by atoms with E-state index >= 15 is 0 Å². The van der Waals surface area contributed by atoms with E-state index in [4.69, 9.17) is 15.9 Å². The smallest absolute Gasteiger partial charge is 0.305 e. The molecule has 1 saturated carbocycles. The van der Waals surface area contributed by atoms with E-state index in [-0.39, 0.29) is 31.5 Å². The first-order chi connectivity index (χ1) is 8.56. The SMILES string of the molecule is NC(CC(=O)O)C(=O)N(CCO)C1CCCCC1. The van der Waals surface area contributed by atoms with Crippen LogP contribution in [0, 0.1) is 0 Å². The minimum atomic E-state index is -1.08. The summed E-state index contributed by atoms with van der Waals surface area (Å²) < 4.78 is 0. The fraction of sp³-hybridized carbons (Fsp3) is 0.833. The molecular weight excluding hydrogens is 236 g/mol. The normalized spacial score (nSPS) is 18.3. The number of rotatable bonds is 6. The second kappa shape index (κ2) is 7.33. The first-order valence-electron chi connectivity index (χ1n) is 6.45. The van der Waals surface area contributed by atoms with E-state index in [1.54, 1.807) is 4.90 Å². The summed E-state index contributed by atoms with van der Waals surface area (Å²) >= 11 is 0. The maximum absolute atomic E-state index is 12.1. The van der Waals surface area contributed by atoms with Crippen LogP contribution in [0.3, 0.4) is 0 Å². The van der Waals surface area contributed by atoms with Gasteiger partial charge in [0.05, 0.1) is 19.1 Å². The average Bonchev–Trinajstić information content (AvgIpc) is 2.35. The molecule has 0 aliphatic heterocycles. The lowest BCUT2D eigenvalue weighted by molar-refractivity contribution is -0.143. The van der Waals surface area contributed by atoms with Gasteiger partial charge in [0.1, 0.15) is 0 Å². The van der Waals surface area contributed by atoms with Crippen LogP contribution < -0.4 is 5.73 Å². The number of carbonyl (C=O) groups excluding carboxylic acids is 1. The lowest BCUT2D eigenvalue weighted by Crippen LogP contribution is -2.50. The van der Waals surface area contributed by atoms with Gasteiger partial charge >= 0.3 is 5.97 Å². The molecule has 0 spiro atoms. The van der Waals surface area contributed by atoms with E-state index in [1.165, 1.54) is 6.42 Å². The van der Waals surface area contributed by atoms with E-state index in [0.29, 0.717) is 0 Å². The van der Waals surface area contributed by atoms with Crippen molar-refractivity contribution in [3.8, 4) is 0 Å². The van der Waals surface area contributed by atoms with E-state index in [9.17, 15) is 9.59 Å². The van der Waals surface area contributed by atoms with E-state index in [2.05, 4.69) is 0 Å². The highest BCUT2D eigenvalue weighted by Gasteiger charge is 2.29. The molecule has 6 heteroatoms. The van der Waals surface area contributed by atoms with Crippen molar-refractivity contribution in [3.05, 3.63) is 0 Å². The molecule has 1 rings (SSSR count). The number of amides is 1. The summed E-state index contributed by atoms with van der Waals surface area (Å²) in [6.45, 7) is 0.110. The third kappa shape index (κ3) is 4.27. The average molecular weight is 258 g/mol. The summed E-state index contributed by atoms with van der Waals surface area (Å²) in [5.74, 6) is -1.44. The fourth-order valence-corrected chi connectivity index (χ4v) is 2.46. The third-order valence-electron chi connectivity index (χ3n) is 3.35.